The number of amides is 1. The maximum atomic E-state index is 11.0. The summed E-state index contributed by atoms with van der Waals surface area (Å²) in [4.78, 5) is 15.5. The van der Waals surface area contributed by atoms with Crippen molar-refractivity contribution < 1.29 is 9.21 Å². The highest BCUT2D eigenvalue weighted by molar-refractivity contribution is 7.80. The van der Waals surface area contributed by atoms with Crippen molar-refractivity contribution in [3.63, 3.8) is 0 Å². The van der Waals surface area contributed by atoms with E-state index in [1.807, 2.05) is 49.4 Å². The van der Waals surface area contributed by atoms with Crippen LogP contribution < -0.4 is 10.6 Å². The number of benzene rings is 2. The Labute approximate surface area is 138 Å². The molecule has 3 rings (SSSR count). The van der Waals surface area contributed by atoms with Crippen LogP contribution in [0.5, 0.6) is 0 Å². The topological polar surface area (TPSA) is 67.2 Å². The standard InChI is InChI=1S/C17H15N3O2S/c1-10-5-3-4-6-13(10)16-20-14-9-12(7-8-15(14)22-16)19-17(23)18-11(2)21/h3-9H,1-2H3,(H2,18,19,21,23). The Kier molecular flexibility index (Phi) is 4.08. The second kappa shape index (κ2) is 6.18. The fourth-order valence-electron chi connectivity index (χ4n) is 2.26. The van der Waals surface area contributed by atoms with E-state index in [9.17, 15) is 4.79 Å². The number of hydrogen-bond donors (Lipinski definition) is 2. The number of nitrogens with one attached hydrogen (secondary N) is 2. The quantitative estimate of drug-likeness (QED) is 0.704. The average Bonchev–Trinajstić information content (AvgIpc) is 2.89. The van der Waals surface area contributed by atoms with Crippen LogP contribution in [0.3, 0.4) is 0 Å². The van der Waals surface area contributed by atoms with Crippen LogP contribution in [0.15, 0.2) is 46.9 Å². The fourth-order valence-corrected chi connectivity index (χ4v) is 2.52. The zero-order valence-corrected chi connectivity index (χ0v) is 13.5. The van der Waals surface area contributed by atoms with Crippen molar-refractivity contribution in [3.05, 3.63) is 48.0 Å². The van der Waals surface area contributed by atoms with Gasteiger partial charge in [-0.2, -0.15) is 0 Å². The third-order valence-corrected chi connectivity index (χ3v) is 3.51. The molecule has 23 heavy (non-hydrogen) atoms. The van der Waals surface area contributed by atoms with E-state index < -0.39 is 0 Å². The van der Waals surface area contributed by atoms with Crippen LogP contribution in [-0.4, -0.2) is 16.0 Å². The van der Waals surface area contributed by atoms with Crippen LogP contribution in [-0.2, 0) is 4.79 Å². The monoisotopic (exact) mass is 325 g/mol. The molecule has 0 atom stereocenters. The lowest BCUT2D eigenvalue weighted by Gasteiger charge is -2.07. The number of rotatable bonds is 2. The summed E-state index contributed by atoms with van der Waals surface area (Å²) in [5.74, 6) is 0.367. The Morgan fingerprint density at radius 1 is 1.22 bits per heavy atom. The molecule has 1 heterocycles. The molecule has 1 amide bonds. The number of hydrogen-bond acceptors (Lipinski definition) is 4. The van der Waals surface area contributed by atoms with E-state index in [2.05, 4.69) is 15.6 Å². The molecule has 3 aromatic rings. The molecule has 0 bridgehead atoms. The summed E-state index contributed by atoms with van der Waals surface area (Å²) in [5, 5.41) is 5.71. The van der Waals surface area contributed by atoms with Crippen LogP contribution in [0.4, 0.5) is 5.69 Å². The Morgan fingerprint density at radius 3 is 2.74 bits per heavy atom. The zero-order chi connectivity index (χ0) is 16.4. The van der Waals surface area contributed by atoms with Gasteiger partial charge in [-0.3, -0.25) is 4.79 Å². The molecule has 0 spiro atoms. The largest absolute Gasteiger partial charge is 0.436 e. The molecule has 0 radical (unpaired) electrons. The van der Waals surface area contributed by atoms with E-state index in [1.54, 1.807) is 0 Å². The SMILES string of the molecule is CC(=O)NC(=S)Nc1ccc2oc(-c3ccccc3C)nc2c1. The molecule has 116 valence electrons. The predicted octanol–water partition coefficient (Wildman–Crippen LogP) is 3.64. The summed E-state index contributed by atoms with van der Waals surface area (Å²) >= 11 is 5.05. The minimum Gasteiger partial charge on any atom is -0.436 e. The summed E-state index contributed by atoms with van der Waals surface area (Å²) in [6.07, 6.45) is 0. The van der Waals surface area contributed by atoms with Crippen LogP contribution >= 0.6 is 12.2 Å². The summed E-state index contributed by atoms with van der Waals surface area (Å²) in [6, 6.07) is 13.4. The maximum absolute atomic E-state index is 11.0. The van der Waals surface area contributed by atoms with Gasteiger partial charge in [-0.1, -0.05) is 18.2 Å². The van der Waals surface area contributed by atoms with E-state index >= 15 is 0 Å². The number of carbonyl (C=O) groups is 1. The van der Waals surface area contributed by atoms with Gasteiger partial charge >= 0.3 is 0 Å². The van der Waals surface area contributed by atoms with Crippen LogP contribution in [0.2, 0.25) is 0 Å². The first-order valence-electron chi connectivity index (χ1n) is 7.08. The number of aromatic nitrogens is 1. The number of aryl methyl sites for hydroxylation is 1. The molecule has 2 N–H and O–H groups in total. The average molecular weight is 325 g/mol. The van der Waals surface area contributed by atoms with E-state index in [-0.39, 0.29) is 11.0 Å². The van der Waals surface area contributed by atoms with Gasteiger partial charge in [0.25, 0.3) is 0 Å². The van der Waals surface area contributed by atoms with Gasteiger partial charge in [-0.15, -0.1) is 0 Å². The van der Waals surface area contributed by atoms with Gasteiger partial charge in [0.05, 0.1) is 0 Å². The number of oxazole rings is 1. The van der Waals surface area contributed by atoms with Crippen molar-refractivity contribution in [2.75, 3.05) is 5.32 Å². The van der Waals surface area contributed by atoms with Gasteiger partial charge < -0.3 is 15.1 Å². The molecule has 1 aromatic heterocycles. The minimum absolute atomic E-state index is 0.216. The van der Waals surface area contributed by atoms with Gasteiger partial charge in [0.15, 0.2) is 10.7 Å². The normalized spacial score (nSPS) is 10.5. The molecule has 0 saturated carbocycles. The lowest BCUT2D eigenvalue weighted by Crippen LogP contribution is -2.32. The van der Waals surface area contributed by atoms with Gasteiger partial charge in [0, 0.05) is 18.2 Å². The van der Waals surface area contributed by atoms with Crippen LogP contribution in [0.25, 0.3) is 22.6 Å². The van der Waals surface area contributed by atoms with Gasteiger partial charge in [0.2, 0.25) is 11.8 Å². The Balaban J connectivity index is 1.91. The Bertz CT molecular complexity index is 902. The van der Waals surface area contributed by atoms with Crippen molar-refractivity contribution in [2.24, 2.45) is 0 Å². The van der Waals surface area contributed by atoms with Gasteiger partial charge in [-0.25, -0.2) is 4.98 Å². The second-order valence-electron chi connectivity index (χ2n) is 5.15. The number of carbonyl (C=O) groups excluding carboxylic acids is 1. The highest BCUT2D eigenvalue weighted by Gasteiger charge is 2.11. The Hall–Kier alpha value is -2.73. The van der Waals surface area contributed by atoms with Crippen LogP contribution in [0, 0.1) is 6.92 Å². The third kappa shape index (κ3) is 3.37. The molecular formula is C17H15N3O2S. The van der Waals surface area contributed by atoms with Crippen molar-refractivity contribution in [1.29, 1.82) is 0 Å². The first kappa shape index (κ1) is 15.2. The van der Waals surface area contributed by atoms with E-state index in [0.717, 1.165) is 22.3 Å². The molecular weight excluding hydrogens is 310 g/mol. The van der Waals surface area contributed by atoms with Crippen molar-refractivity contribution in [1.82, 2.24) is 10.3 Å². The third-order valence-electron chi connectivity index (χ3n) is 3.31. The highest BCUT2D eigenvalue weighted by Crippen LogP contribution is 2.28. The zero-order valence-electron chi connectivity index (χ0n) is 12.7. The summed E-state index contributed by atoms with van der Waals surface area (Å²) in [5.41, 5.74) is 4.22. The predicted molar refractivity (Wildman–Crippen MR) is 94.2 cm³/mol. The van der Waals surface area contributed by atoms with Gasteiger partial charge in [-0.05, 0) is 49.0 Å². The molecule has 0 unspecified atom stereocenters. The van der Waals surface area contributed by atoms with E-state index in [1.165, 1.54) is 6.92 Å². The van der Waals surface area contributed by atoms with E-state index in [4.69, 9.17) is 16.6 Å². The number of fused-ring (bicyclic) bond motifs is 1. The summed E-state index contributed by atoms with van der Waals surface area (Å²) in [7, 11) is 0. The molecule has 0 fully saturated rings. The number of nitrogens with zero attached hydrogens (tertiary/aromatic N) is 1. The first-order chi connectivity index (χ1) is 11.0. The molecule has 6 heteroatoms. The molecule has 0 aliphatic carbocycles. The van der Waals surface area contributed by atoms with Crippen molar-refractivity contribution in [2.45, 2.75) is 13.8 Å². The molecule has 2 aromatic carbocycles. The minimum atomic E-state index is -0.216. The van der Waals surface area contributed by atoms with Crippen molar-refractivity contribution >= 4 is 40.0 Å². The lowest BCUT2D eigenvalue weighted by atomic mass is 10.1. The van der Waals surface area contributed by atoms with Gasteiger partial charge in [0.1, 0.15) is 5.52 Å². The van der Waals surface area contributed by atoms with Crippen LogP contribution in [0.1, 0.15) is 12.5 Å². The molecule has 0 aliphatic heterocycles. The second-order valence-corrected chi connectivity index (χ2v) is 5.56. The van der Waals surface area contributed by atoms with E-state index in [0.29, 0.717) is 11.5 Å². The lowest BCUT2D eigenvalue weighted by molar-refractivity contribution is -0.117. The molecule has 0 saturated heterocycles. The Morgan fingerprint density at radius 2 is 2.00 bits per heavy atom. The molecule has 5 nitrogen and oxygen atoms in total. The first-order valence-corrected chi connectivity index (χ1v) is 7.49. The number of anilines is 1. The highest BCUT2D eigenvalue weighted by atomic mass is 32.1. The summed E-state index contributed by atoms with van der Waals surface area (Å²) in [6.45, 7) is 3.42. The number of thiocarbonyl (C=S) groups is 1. The smallest absolute Gasteiger partial charge is 0.227 e. The van der Waals surface area contributed by atoms with Crippen molar-refractivity contribution in [3.8, 4) is 11.5 Å². The summed E-state index contributed by atoms with van der Waals surface area (Å²) < 4.78 is 5.82. The maximum Gasteiger partial charge on any atom is 0.227 e. The fraction of sp³-hybridized carbons (Fsp3) is 0.118. The molecule has 0 aliphatic rings.